The van der Waals surface area contributed by atoms with E-state index in [2.05, 4.69) is 15.9 Å². The third-order valence-corrected chi connectivity index (χ3v) is 3.97. The number of ketones is 1. The lowest BCUT2D eigenvalue weighted by atomic mass is 10.1. The van der Waals surface area contributed by atoms with Crippen LogP contribution in [-0.2, 0) is 0 Å². The Balaban J connectivity index is 2.09. The molecule has 0 bridgehead atoms. The molecule has 0 spiro atoms. The minimum atomic E-state index is -0.472. The summed E-state index contributed by atoms with van der Waals surface area (Å²) in [4.78, 5) is 11.9. The summed E-state index contributed by atoms with van der Waals surface area (Å²) < 4.78 is 19.0. The Morgan fingerprint density at radius 1 is 1.20 bits per heavy atom. The second-order valence-corrected chi connectivity index (χ2v) is 5.59. The van der Waals surface area contributed by atoms with Gasteiger partial charge in [-0.15, -0.1) is 0 Å². The first-order valence-corrected chi connectivity index (χ1v) is 7.08. The van der Waals surface area contributed by atoms with Crippen molar-refractivity contribution in [2.24, 2.45) is 0 Å². The third kappa shape index (κ3) is 3.72. The van der Waals surface area contributed by atoms with Crippen molar-refractivity contribution < 1.29 is 13.9 Å². The number of carbonyl (C=O) groups excluding carboxylic acids is 1. The predicted octanol–water partition coefficient (Wildman–Crippen LogP) is 5.16. The molecule has 0 aliphatic rings. The van der Waals surface area contributed by atoms with Gasteiger partial charge in [0.05, 0.1) is 10.0 Å². The molecule has 0 aliphatic heterocycles. The van der Waals surface area contributed by atoms with Crippen LogP contribution in [0.15, 0.2) is 40.9 Å². The smallest absolute Gasteiger partial charge is 0.200 e. The molecule has 0 fully saturated rings. The number of ether oxygens (including phenoxy) is 1. The molecule has 0 heterocycles. The van der Waals surface area contributed by atoms with E-state index in [1.165, 1.54) is 24.3 Å². The Morgan fingerprint density at radius 2 is 1.95 bits per heavy atom. The van der Waals surface area contributed by atoms with Crippen LogP contribution in [0.1, 0.15) is 10.4 Å². The number of hydrogen-bond acceptors (Lipinski definition) is 2. The number of Topliss-reactive ketones (excluding diaryl/α,β-unsaturated/α-hetero) is 1. The topological polar surface area (TPSA) is 26.3 Å². The van der Waals surface area contributed by atoms with E-state index in [0.29, 0.717) is 20.3 Å². The molecular weight excluding hydrogens is 370 g/mol. The number of hydrogen-bond donors (Lipinski definition) is 0. The van der Waals surface area contributed by atoms with Gasteiger partial charge in [-0.3, -0.25) is 4.79 Å². The summed E-state index contributed by atoms with van der Waals surface area (Å²) in [5.41, 5.74) is 0.240. The van der Waals surface area contributed by atoms with Gasteiger partial charge in [0.15, 0.2) is 12.4 Å². The van der Waals surface area contributed by atoms with E-state index in [-0.39, 0.29) is 18.0 Å². The summed E-state index contributed by atoms with van der Waals surface area (Å²) in [5, 5.41) is 0.746. The minimum absolute atomic E-state index is 0.240. The Kier molecular flexibility index (Phi) is 5.02. The molecule has 0 radical (unpaired) electrons. The second kappa shape index (κ2) is 6.57. The van der Waals surface area contributed by atoms with Crippen molar-refractivity contribution in [3.8, 4) is 5.75 Å². The van der Waals surface area contributed by atoms with Gasteiger partial charge in [-0.1, -0.05) is 35.3 Å². The van der Waals surface area contributed by atoms with Crippen LogP contribution in [0.25, 0.3) is 0 Å². The van der Waals surface area contributed by atoms with Crippen molar-refractivity contribution in [3.05, 3.63) is 62.3 Å². The summed E-state index contributed by atoms with van der Waals surface area (Å²) in [7, 11) is 0. The van der Waals surface area contributed by atoms with Crippen molar-refractivity contribution in [1.82, 2.24) is 0 Å². The molecule has 0 saturated heterocycles. The van der Waals surface area contributed by atoms with Crippen molar-refractivity contribution >= 4 is 44.9 Å². The predicted molar refractivity (Wildman–Crippen MR) is 80.4 cm³/mol. The summed E-state index contributed by atoms with van der Waals surface area (Å²) in [6, 6.07) is 8.49. The molecule has 0 atom stereocenters. The van der Waals surface area contributed by atoms with E-state index in [1.807, 2.05) is 0 Å². The van der Waals surface area contributed by atoms with Crippen LogP contribution in [0, 0.1) is 5.82 Å². The Bertz CT molecular complexity index is 662. The Morgan fingerprint density at radius 3 is 2.65 bits per heavy atom. The number of benzene rings is 2. The standard InChI is InChI=1S/C14H8BrCl2FO2/c15-10-5-12(17)14(6-11(10)16)20-7-13(19)8-2-1-3-9(18)4-8/h1-6H,7H2. The molecule has 0 saturated carbocycles. The van der Waals surface area contributed by atoms with Crippen LogP contribution >= 0.6 is 39.1 Å². The minimum Gasteiger partial charge on any atom is -0.484 e. The van der Waals surface area contributed by atoms with Gasteiger partial charge in [0.25, 0.3) is 0 Å². The van der Waals surface area contributed by atoms with E-state index in [4.69, 9.17) is 27.9 Å². The maximum absolute atomic E-state index is 13.0. The number of carbonyl (C=O) groups is 1. The highest BCUT2D eigenvalue weighted by Crippen LogP contribution is 2.34. The maximum atomic E-state index is 13.0. The molecule has 0 N–H and O–H groups in total. The van der Waals surface area contributed by atoms with Gasteiger partial charge >= 0.3 is 0 Å². The zero-order valence-corrected chi connectivity index (χ0v) is 13.1. The summed E-state index contributed by atoms with van der Waals surface area (Å²) in [6.07, 6.45) is 0. The van der Waals surface area contributed by atoms with Crippen molar-refractivity contribution in [2.75, 3.05) is 6.61 Å². The Labute approximate surface area is 133 Å². The maximum Gasteiger partial charge on any atom is 0.200 e. The average molecular weight is 378 g/mol. The van der Waals surface area contributed by atoms with Gasteiger partial charge < -0.3 is 4.74 Å². The van der Waals surface area contributed by atoms with Gasteiger partial charge in [-0.05, 0) is 34.1 Å². The molecule has 2 nitrogen and oxygen atoms in total. The highest BCUT2D eigenvalue weighted by Gasteiger charge is 2.11. The fourth-order valence-electron chi connectivity index (χ4n) is 1.50. The molecule has 0 aliphatic carbocycles. The van der Waals surface area contributed by atoms with E-state index in [0.717, 1.165) is 6.07 Å². The molecule has 20 heavy (non-hydrogen) atoms. The van der Waals surface area contributed by atoms with Gasteiger partial charge in [-0.2, -0.15) is 0 Å². The lowest BCUT2D eigenvalue weighted by molar-refractivity contribution is 0.0921. The van der Waals surface area contributed by atoms with Crippen molar-refractivity contribution in [1.29, 1.82) is 0 Å². The highest BCUT2D eigenvalue weighted by molar-refractivity contribution is 9.10. The monoisotopic (exact) mass is 376 g/mol. The fourth-order valence-corrected chi connectivity index (χ4v) is 2.35. The lowest BCUT2D eigenvalue weighted by Crippen LogP contribution is -2.12. The van der Waals surface area contributed by atoms with Gasteiger partial charge in [0, 0.05) is 16.1 Å². The summed E-state index contributed by atoms with van der Waals surface area (Å²) in [5.74, 6) is -0.523. The molecule has 0 aromatic heterocycles. The fraction of sp³-hybridized carbons (Fsp3) is 0.0714. The first-order valence-electron chi connectivity index (χ1n) is 5.53. The SMILES string of the molecule is O=C(COc1cc(Cl)c(Br)cc1Cl)c1cccc(F)c1. The van der Waals surface area contributed by atoms with Gasteiger partial charge in [-0.25, -0.2) is 4.39 Å². The first-order chi connectivity index (χ1) is 9.47. The quantitative estimate of drug-likeness (QED) is 0.543. The largest absolute Gasteiger partial charge is 0.484 e. The van der Waals surface area contributed by atoms with Crippen LogP contribution in [-0.4, -0.2) is 12.4 Å². The molecule has 0 unspecified atom stereocenters. The zero-order valence-electron chi connectivity index (χ0n) is 10.00. The van der Waals surface area contributed by atoms with Crippen LogP contribution in [0.3, 0.4) is 0 Å². The second-order valence-electron chi connectivity index (χ2n) is 3.92. The number of rotatable bonds is 4. The average Bonchev–Trinajstić information content (AvgIpc) is 2.41. The van der Waals surface area contributed by atoms with E-state index < -0.39 is 5.82 Å². The van der Waals surface area contributed by atoms with E-state index in [9.17, 15) is 9.18 Å². The molecule has 2 aromatic rings. The van der Waals surface area contributed by atoms with Gasteiger partial charge in [0.2, 0.25) is 0 Å². The molecule has 104 valence electrons. The Hall–Kier alpha value is -1.10. The first kappa shape index (κ1) is 15.3. The summed E-state index contributed by atoms with van der Waals surface area (Å²) >= 11 is 15.1. The molecule has 2 rings (SSSR count). The molecule has 6 heteroatoms. The van der Waals surface area contributed by atoms with Crippen LogP contribution in [0.2, 0.25) is 10.0 Å². The molecular formula is C14H8BrCl2FO2. The molecule has 2 aromatic carbocycles. The highest BCUT2D eigenvalue weighted by atomic mass is 79.9. The summed E-state index contributed by atoms with van der Waals surface area (Å²) in [6.45, 7) is -0.249. The molecule has 0 amide bonds. The third-order valence-electron chi connectivity index (χ3n) is 2.48. The van der Waals surface area contributed by atoms with Crippen molar-refractivity contribution in [2.45, 2.75) is 0 Å². The van der Waals surface area contributed by atoms with Crippen LogP contribution < -0.4 is 4.74 Å². The number of halogens is 4. The zero-order chi connectivity index (χ0) is 14.7. The van der Waals surface area contributed by atoms with Gasteiger partial charge in [0.1, 0.15) is 11.6 Å². The van der Waals surface area contributed by atoms with Crippen molar-refractivity contribution in [3.63, 3.8) is 0 Å². The lowest BCUT2D eigenvalue weighted by Gasteiger charge is -2.09. The van der Waals surface area contributed by atoms with E-state index in [1.54, 1.807) is 6.07 Å². The normalized spacial score (nSPS) is 10.4. The van der Waals surface area contributed by atoms with E-state index >= 15 is 0 Å². The van der Waals surface area contributed by atoms with Crippen LogP contribution in [0.4, 0.5) is 4.39 Å². The van der Waals surface area contributed by atoms with Crippen LogP contribution in [0.5, 0.6) is 5.75 Å².